The van der Waals surface area contributed by atoms with Crippen molar-refractivity contribution in [1.82, 2.24) is 0 Å². The van der Waals surface area contributed by atoms with E-state index in [1.165, 1.54) is 141 Å². The maximum absolute atomic E-state index is 13.0. The maximum Gasteiger partial charge on any atom is 0.472 e. The van der Waals surface area contributed by atoms with Crippen LogP contribution in [0.3, 0.4) is 0 Å². The first-order chi connectivity index (χ1) is 42.6. The lowest BCUT2D eigenvalue weighted by molar-refractivity contribution is -0.161. The molecule has 0 rings (SSSR count). The van der Waals surface area contributed by atoms with Crippen LogP contribution in [0, 0.1) is 23.7 Å². The van der Waals surface area contributed by atoms with Crippen molar-refractivity contribution in [3.8, 4) is 0 Å². The Kier molecular flexibility index (Phi) is 58.5. The Hall–Kier alpha value is -1.94. The number of phosphoric ester groups is 2. The number of phosphoric acid groups is 2. The fourth-order valence-corrected chi connectivity index (χ4v) is 12.0. The maximum atomic E-state index is 13.0. The Bertz CT molecular complexity index is 1770. The van der Waals surface area contributed by atoms with Gasteiger partial charge in [0.25, 0.3) is 0 Å². The molecule has 17 nitrogen and oxygen atoms in total. The zero-order valence-electron chi connectivity index (χ0n) is 58.1. The van der Waals surface area contributed by atoms with Crippen molar-refractivity contribution in [2.75, 3.05) is 39.6 Å². The van der Waals surface area contributed by atoms with Crippen molar-refractivity contribution in [2.24, 2.45) is 23.7 Å². The van der Waals surface area contributed by atoms with Crippen LogP contribution in [0.2, 0.25) is 0 Å². The summed E-state index contributed by atoms with van der Waals surface area (Å²) >= 11 is 0. The fourth-order valence-electron chi connectivity index (χ4n) is 10.5. The Balaban J connectivity index is 5.20. The monoisotopic (exact) mass is 1310 g/mol. The topological polar surface area (TPSA) is 237 Å². The first-order valence-corrected chi connectivity index (χ1v) is 39.2. The number of carbonyl (C=O) groups excluding carboxylic acids is 4. The van der Waals surface area contributed by atoms with Gasteiger partial charge in [-0.25, -0.2) is 9.13 Å². The Morgan fingerprint density at radius 2 is 0.539 bits per heavy atom. The van der Waals surface area contributed by atoms with E-state index >= 15 is 0 Å². The molecule has 0 aliphatic rings. The van der Waals surface area contributed by atoms with E-state index in [9.17, 15) is 43.2 Å². The summed E-state index contributed by atoms with van der Waals surface area (Å²) in [5.74, 6) is 0.820. The lowest BCUT2D eigenvalue weighted by Crippen LogP contribution is -2.30. The van der Waals surface area contributed by atoms with E-state index < -0.39 is 97.5 Å². The first-order valence-electron chi connectivity index (χ1n) is 36.2. The van der Waals surface area contributed by atoms with Gasteiger partial charge in [0.2, 0.25) is 0 Å². The van der Waals surface area contributed by atoms with Crippen molar-refractivity contribution >= 4 is 39.5 Å². The minimum Gasteiger partial charge on any atom is -0.462 e. The lowest BCUT2D eigenvalue weighted by Gasteiger charge is -2.21. The smallest absolute Gasteiger partial charge is 0.462 e. The number of hydrogen-bond donors (Lipinski definition) is 3. The summed E-state index contributed by atoms with van der Waals surface area (Å²) in [5, 5.41) is 10.6. The van der Waals surface area contributed by atoms with Crippen LogP contribution in [-0.4, -0.2) is 96.7 Å². The van der Waals surface area contributed by atoms with Gasteiger partial charge in [-0.15, -0.1) is 0 Å². The third kappa shape index (κ3) is 63.2. The molecule has 4 unspecified atom stereocenters. The minimum absolute atomic E-state index is 0.101. The van der Waals surface area contributed by atoms with Crippen LogP contribution in [0.4, 0.5) is 0 Å². The van der Waals surface area contributed by atoms with E-state index in [1.54, 1.807) is 0 Å². The molecule has 3 N–H and O–H groups in total. The van der Waals surface area contributed by atoms with Gasteiger partial charge in [0.1, 0.15) is 19.3 Å². The Labute approximate surface area is 543 Å². The molecular formula is C70H136O17P2. The SMILES string of the molecule is CCC(C)CCCCCCCCCCC(=O)OC[C@H](COP(=O)(O)OCC(O)COP(=O)(O)OC[C@@H](COC(=O)CCCCCCCCCC(C)C)OC(=O)CCCCCCCCCCCCCCCCCC(C)C)OC(=O)CCCCCCCCC(C)C. The number of hydrogen-bond acceptors (Lipinski definition) is 15. The van der Waals surface area contributed by atoms with Crippen LogP contribution in [0.1, 0.15) is 344 Å². The molecule has 0 saturated heterocycles. The summed E-state index contributed by atoms with van der Waals surface area (Å²) < 4.78 is 68.2. The predicted molar refractivity (Wildman–Crippen MR) is 358 cm³/mol. The average molecular weight is 1310 g/mol. The van der Waals surface area contributed by atoms with Gasteiger partial charge in [0.15, 0.2) is 12.2 Å². The highest BCUT2D eigenvalue weighted by molar-refractivity contribution is 7.47. The van der Waals surface area contributed by atoms with Gasteiger partial charge in [-0.2, -0.15) is 0 Å². The summed E-state index contributed by atoms with van der Waals surface area (Å²) in [7, 11) is -9.90. The predicted octanol–water partition coefficient (Wildman–Crippen LogP) is 19.7. The van der Waals surface area contributed by atoms with E-state index in [0.717, 1.165) is 108 Å². The molecule has 0 aromatic carbocycles. The second-order valence-corrected chi connectivity index (χ2v) is 29.8. The summed E-state index contributed by atoms with van der Waals surface area (Å²) in [5.41, 5.74) is 0. The molecule has 0 heterocycles. The fraction of sp³-hybridized carbons (Fsp3) is 0.943. The highest BCUT2D eigenvalue weighted by Gasteiger charge is 2.30. The average Bonchev–Trinajstić information content (AvgIpc) is 3.62. The summed E-state index contributed by atoms with van der Waals surface area (Å²) in [4.78, 5) is 72.4. The standard InChI is InChI=1S/C70H136O17P2/c1-9-63(8)49-41-33-24-19-20-25-34-42-50-67(72)80-57-66(87-70(75)53-45-37-29-28-32-40-48-62(6)7)59-85-89(78,79)83-55-64(71)54-82-88(76,77)84-58-65(56-81-68(73)51-43-35-27-21-23-31-39-47-61(4)5)86-69(74)52-44-36-26-18-16-14-12-10-11-13-15-17-22-30-38-46-60(2)3/h60-66,71H,9-59H2,1-8H3,(H,76,77)(H,78,79)/t63?,64?,65-,66-/m1/s1. The Morgan fingerprint density at radius 1 is 0.315 bits per heavy atom. The highest BCUT2D eigenvalue weighted by Crippen LogP contribution is 2.45. The van der Waals surface area contributed by atoms with Crippen molar-refractivity contribution in [3.05, 3.63) is 0 Å². The van der Waals surface area contributed by atoms with Crippen LogP contribution < -0.4 is 0 Å². The highest BCUT2D eigenvalue weighted by atomic mass is 31.2. The molecule has 89 heavy (non-hydrogen) atoms. The van der Waals surface area contributed by atoms with Crippen LogP contribution in [0.25, 0.3) is 0 Å². The normalized spacial score (nSPS) is 14.6. The van der Waals surface area contributed by atoms with Crippen LogP contribution in [0.5, 0.6) is 0 Å². The number of carbonyl (C=O) groups is 4. The van der Waals surface area contributed by atoms with Crippen LogP contribution in [0.15, 0.2) is 0 Å². The Morgan fingerprint density at radius 3 is 0.798 bits per heavy atom. The van der Waals surface area contributed by atoms with E-state index in [0.29, 0.717) is 37.5 Å². The van der Waals surface area contributed by atoms with E-state index in [2.05, 4.69) is 55.4 Å². The van der Waals surface area contributed by atoms with Crippen molar-refractivity contribution in [1.29, 1.82) is 0 Å². The van der Waals surface area contributed by atoms with Gasteiger partial charge in [-0.1, -0.05) is 293 Å². The molecule has 0 saturated carbocycles. The molecule has 0 aromatic heterocycles. The summed E-state index contributed by atoms with van der Waals surface area (Å²) in [6.07, 6.45) is 41.9. The zero-order chi connectivity index (χ0) is 66.1. The van der Waals surface area contributed by atoms with E-state index in [1.807, 2.05) is 0 Å². The molecule has 6 atom stereocenters. The third-order valence-corrected chi connectivity index (χ3v) is 18.3. The number of aliphatic hydroxyl groups is 1. The molecule has 0 aliphatic carbocycles. The lowest BCUT2D eigenvalue weighted by atomic mass is 9.99. The van der Waals surface area contributed by atoms with Gasteiger partial charge in [0.05, 0.1) is 26.4 Å². The zero-order valence-corrected chi connectivity index (χ0v) is 59.8. The molecule has 0 aliphatic heterocycles. The number of aliphatic hydroxyl groups excluding tert-OH is 1. The summed E-state index contributed by atoms with van der Waals surface area (Å²) in [6.45, 7) is 14.0. The molecule has 0 bridgehead atoms. The van der Waals surface area contributed by atoms with Gasteiger partial charge in [0, 0.05) is 25.7 Å². The van der Waals surface area contributed by atoms with Crippen molar-refractivity contribution < 1.29 is 80.2 Å². The second-order valence-electron chi connectivity index (χ2n) is 26.9. The molecule has 528 valence electrons. The van der Waals surface area contributed by atoms with Crippen LogP contribution in [-0.2, 0) is 65.4 Å². The van der Waals surface area contributed by atoms with Crippen LogP contribution >= 0.6 is 15.6 Å². The number of rotatable bonds is 67. The number of esters is 4. The van der Waals surface area contributed by atoms with Gasteiger partial charge >= 0.3 is 39.5 Å². The largest absolute Gasteiger partial charge is 0.472 e. The van der Waals surface area contributed by atoms with E-state index in [4.69, 9.17) is 37.0 Å². The van der Waals surface area contributed by atoms with E-state index in [-0.39, 0.29) is 25.7 Å². The van der Waals surface area contributed by atoms with Gasteiger partial charge < -0.3 is 33.8 Å². The molecule has 0 fully saturated rings. The molecule has 0 radical (unpaired) electrons. The quantitative estimate of drug-likeness (QED) is 0.0222. The summed E-state index contributed by atoms with van der Waals surface area (Å²) in [6, 6.07) is 0. The minimum atomic E-state index is -4.95. The number of unbranched alkanes of at least 4 members (excludes halogenated alkanes) is 32. The van der Waals surface area contributed by atoms with Crippen molar-refractivity contribution in [2.45, 2.75) is 363 Å². The molecule has 0 aromatic rings. The van der Waals surface area contributed by atoms with Gasteiger partial charge in [-0.05, 0) is 49.4 Å². The third-order valence-electron chi connectivity index (χ3n) is 16.4. The second kappa shape index (κ2) is 59.8. The molecule has 0 amide bonds. The number of ether oxygens (including phenoxy) is 4. The molecular weight excluding hydrogens is 1170 g/mol. The first kappa shape index (κ1) is 87.1. The molecule has 19 heteroatoms. The van der Waals surface area contributed by atoms with Crippen molar-refractivity contribution in [3.63, 3.8) is 0 Å². The molecule has 0 spiro atoms. The van der Waals surface area contributed by atoms with Gasteiger partial charge in [-0.3, -0.25) is 37.3 Å².